The number of benzene rings is 2. The summed E-state index contributed by atoms with van der Waals surface area (Å²) in [5.74, 6) is 0.378. The van der Waals surface area contributed by atoms with Gasteiger partial charge in [-0.2, -0.15) is 10.1 Å². The zero-order valence-electron chi connectivity index (χ0n) is 11.9. The van der Waals surface area contributed by atoms with Crippen molar-refractivity contribution in [3.05, 3.63) is 66.2 Å². The van der Waals surface area contributed by atoms with Crippen molar-refractivity contribution in [2.24, 2.45) is 10.5 Å². The fraction of sp³-hybridized carbons (Fsp3) is 0.222. The van der Waals surface area contributed by atoms with Crippen molar-refractivity contribution in [3.63, 3.8) is 0 Å². The number of hydrogen-bond acceptors (Lipinski definition) is 2. The van der Waals surface area contributed by atoms with Crippen molar-refractivity contribution in [2.45, 2.75) is 19.3 Å². The number of carbonyl (C=O) groups excluding carboxylic acids is 1. The molecule has 1 fully saturated rings. The molecule has 1 saturated carbocycles. The van der Waals surface area contributed by atoms with E-state index in [-0.39, 0.29) is 11.8 Å². The lowest BCUT2D eigenvalue weighted by molar-refractivity contribution is -0.120. The van der Waals surface area contributed by atoms with Crippen LogP contribution in [0.25, 0.3) is 0 Å². The molecule has 104 valence electrons. The number of para-hydroxylation sites is 1. The minimum Gasteiger partial charge on any atom is -0.271 e. The molecule has 4 rings (SSSR count). The molecule has 1 heterocycles. The maximum Gasteiger partial charge on any atom is 0.260 e. The second-order valence-electron chi connectivity index (χ2n) is 5.78. The monoisotopic (exact) mass is 276 g/mol. The molecule has 1 aliphatic carbocycles. The molecule has 1 spiro atoms. The van der Waals surface area contributed by atoms with Crippen LogP contribution in [0.5, 0.6) is 0 Å². The summed E-state index contributed by atoms with van der Waals surface area (Å²) in [4.78, 5) is 12.9. The summed E-state index contributed by atoms with van der Waals surface area (Å²) in [7, 11) is 0. The van der Waals surface area contributed by atoms with E-state index in [1.807, 2.05) is 55.5 Å². The molecule has 1 amide bonds. The van der Waals surface area contributed by atoms with Gasteiger partial charge in [0, 0.05) is 5.92 Å². The van der Waals surface area contributed by atoms with Crippen molar-refractivity contribution >= 4 is 17.3 Å². The van der Waals surface area contributed by atoms with Gasteiger partial charge < -0.3 is 0 Å². The molecule has 0 radical (unpaired) electrons. The van der Waals surface area contributed by atoms with Crippen molar-refractivity contribution in [1.29, 1.82) is 0 Å². The molecule has 0 aromatic heterocycles. The molecule has 3 heteroatoms. The van der Waals surface area contributed by atoms with Gasteiger partial charge in [-0.15, -0.1) is 0 Å². The summed E-state index contributed by atoms with van der Waals surface area (Å²) in [5.41, 5.74) is 2.61. The Bertz CT molecular complexity index is 723. The first-order valence-electron chi connectivity index (χ1n) is 7.24. The lowest BCUT2D eigenvalue weighted by Gasteiger charge is -2.14. The van der Waals surface area contributed by atoms with Gasteiger partial charge in [-0.3, -0.25) is 4.79 Å². The standard InChI is InChI=1S/C18H16N2O/c1-13-18(12-16(18)14-8-4-2-5-9-14)17(21)20(19-13)15-10-6-3-7-11-15/h2-11,16H,12H2,1H3/t16-,18+/m1/s1. The molecule has 2 aliphatic rings. The number of amides is 1. The summed E-state index contributed by atoms with van der Waals surface area (Å²) in [5, 5.41) is 6.10. The molecule has 3 nitrogen and oxygen atoms in total. The summed E-state index contributed by atoms with van der Waals surface area (Å²) in [6.07, 6.45) is 0.870. The second-order valence-corrected chi connectivity index (χ2v) is 5.78. The van der Waals surface area contributed by atoms with Crippen molar-refractivity contribution in [3.8, 4) is 0 Å². The third-order valence-electron chi connectivity index (χ3n) is 4.63. The molecule has 21 heavy (non-hydrogen) atoms. The normalized spacial score (nSPS) is 27.1. The van der Waals surface area contributed by atoms with Gasteiger partial charge in [-0.05, 0) is 31.0 Å². The van der Waals surface area contributed by atoms with Crippen molar-refractivity contribution < 1.29 is 4.79 Å². The quantitative estimate of drug-likeness (QED) is 0.825. The second kappa shape index (κ2) is 4.29. The van der Waals surface area contributed by atoms with Crippen LogP contribution in [-0.4, -0.2) is 11.6 Å². The third kappa shape index (κ3) is 1.67. The molecule has 2 atom stereocenters. The van der Waals surface area contributed by atoms with E-state index in [1.54, 1.807) is 5.01 Å². The number of nitrogens with zero attached hydrogens (tertiary/aromatic N) is 2. The van der Waals surface area contributed by atoms with Crippen LogP contribution in [0, 0.1) is 5.41 Å². The van der Waals surface area contributed by atoms with Crippen LogP contribution in [0.15, 0.2) is 65.8 Å². The Morgan fingerprint density at radius 2 is 1.67 bits per heavy atom. The van der Waals surface area contributed by atoms with Crippen LogP contribution in [0.1, 0.15) is 24.8 Å². The van der Waals surface area contributed by atoms with E-state index < -0.39 is 5.41 Å². The van der Waals surface area contributed by atoms with Gasteiger partial charge in [0.05, 0.1) is 16.8 Å². The van der Waals surface area contributed by atoms with Gasteiger partial charge in [0.1, 0.15) is 0 Å². The predicted molar refractivity (Wildman–Crippen MR) is 83.3 cm³/mol. The maximum atomic E-state index is 12.9. The summed E-state index contributed by atoms with van der Waals surface area (Å²) < 4.78 is 0. The third-order valence-corrected chi connectivity index (χ3v) is 4.63. The van der Waals surface area contributed by atoms with Gasteiger partial charge in [-0.25, -0.2) is 0 Å². The maximum absolute atomic E-state index is 12.9. The highest BCUT2D eigenvalue weighted by atomic mass is 16.2. The van der Waals surface area contributed by atoms with Crippen LogP contribution < -0.4 is 5.01 Å². The molecule has 1 aliphatic heterocycles. The first-order valence-corrected chi connectivity index (χ1v) is 7.24. The number of rotatable bonds is 2. The van der Waals surface area contributed by atoms with E-state index in [4.69, 9.17) is 0 Å². The van der Waals surface area contributed by atoms with Gasteiger partial charge in [-0.1, -0.05) is 48.5 Å². The lowest BCUT2D eigenvalue weighted by Crippen LogP contribution is -2.29. The Balaban J connectivity index is 1.68. The summed E-state index contributed by atoms with van der Waals surface area (Å²) >= 11 is 0. The average Bonchev–Trinajstić information content (AvgIpc) is 3.25. The number of hydrazone groups is 1. The smallest absolute Gasteiger partial charge is 0.260 e. The highest BCUT2D eigenvalue weighted by molar-refractivity contribution is 6.21. The highest BCUT2D eigenvalue weighted by Crippen LogP contribution is 2.63. The number of carbonyl (C=O) groups is 1. The Kier molecular flexibility index (Phi) is 2.52. The fourth-order valence-corrected chi connectivity index (χ4v) is 3.36. The van der Waals surface area contributed by atoms with E-state index in [0.717, 1.165) is 17.8 Å². The molecule has 2 aromatic rings. The zero-order chi connectivity index (χ0) is 14.4. The van der Waals surface area contributed by atoms with E-state index in [2.05, 4.69) is 17.2 Å². The van der Waals surface area contributed by atoms with Crippen LogP contribution in [0.4, 0.5) is 5.69 Å². The van der Waals surface area contributed by atoms with Crippen LogP contribution in [-0.2, 0) is 4.79 Å². The van der Waals surface area contributed by atoms with Crippen LogP contribution >= 0.6 is 0 Å². The minimum absolute atomic E-state index is 0.111. The Morgan fingerprint density at radius 1 is 1.05 bits per heavy atom. The summed E-state index contributed by atoms with van der Waals surface area (Å²) in [6.45, 7) is 1.98. The van der Waals surface area contributed by atoms with Crippen molar-refractivity contribution in [1.82, 2.24) is 0 Å². The lowest BCUT2D eigenvalue weighted by atomic mass is 9.94. The van der Waals surface area contributed by atoms with Crippen LogP contribution in [0.2, 0.25) is 0 Å². The largest absolute Gasteiger partial charge is 0.271 e. The Hall–Kier alpha value is -2.42. The van der Waals surface area contributed by atoms with E-state index in [9.17, 15) is 4.79 Å². The van der Waals surface area contributed by atoms with Gasteiger partial charge >= 0.3 is 0 Å². The fourth-order valence-electron chi connectivity index (χ4n) is 3.36. The van der Waals surface area contributed by atoms with Gasteiger partial charge in [0.15, 0.2) is 0 Å². The molecule has 0 N–H and O–H groups in total. The number of hydrogen-bond donors (Lipinski definition) is 0. The molecule has 2 aromatic carbocycles. The zero-order valence-corrected chi connectivity index (χ0v) is 11.9. The van der Waals surface area contributed by atoms with Crippen LogP contribution in [0.3, 0.4) is 0 Å². The predicted octanol–water partition coefficient (Wildman–Crippen LogP) is 3.58. The summed E-state index contributed by atoms with van der Waals surface area (Å²) in [6, 6.07) is 19.9. The van der Waals surface area contributed by atoms with E-state index in [1.165, 1.54) is 5.56 Å². The topological polar surface area (TPSA) is 32.7 Å². The molecule has 0 bridgehead atoms. The van der Waals surface area contributed by atoms with Gasteiger partial charge in [0.25, 0.3) is 5.91 Å². The Morgan fingerprint density at radius 3 is 2.33 bits per heavy atom. The first kappa shape index (κ1) is 12.3. The number of anilines is 1. The highest BCUT2D eigenvalue weighted by Gasteiger charge is 2.66. The minimum atomic E-state index is -0.406. The van der Waals surface area contributed by atoms with E-state index >= 15 is 0 Å². The first-order chi connectivity index (χ1) is 10.2. The van der Waals surface area contributed by atoms with E-state index in [0.29, 0.717) is 0 Å². The molecule has 0 unspecified atom stereocenters. The van der Waals surface area contributed by atoms with Gasteiger partial charge in [0.2, 0.25) is 0 Å². The molecular weight excluding hydrogens is 260 g/mol. The average molecular weight is 276 g/mol. The van der Waals surface area contributed by atoms with Crippen molar-refractivity contribution in [2.75, 3.05) is 5.01 Å². The molecule has 0 saturated heterocycles. The Labute approximate surface area is 123 Å². The SMILES string of the molecule is CC1=NN(c2ccccc2)C(=O)[C@@]12C[C@@H]2c1ccccc1. The molecular formula is C18H16N2O.